The number of aromatic nitrogens is 1. The first-order chi connectivity index (χ1) is 12.7. The quantitative estimate of drug-likeness (QED) is 0.683. The average molecular weight is 347 g/mol. The molecule has 0 unspecified atom stereocenters. The number of ether oxygens (including phenoxy) is 2. The predicted molar refractivity (Wildman–Crippen MR) is 94.5 cm³/mol. The predicted octanol–water partition coefficient (Wildman–Crippen LogP) is 3.58. The molecule has 0 bridgehead atoms. The summed E-state index contributed by atoms with van der Waals surface area (Å²) in [5.41, 5.74) is 7.81. The molecule has 1 atom stereocenters. The number of nitrogens with zero attached hydrogens (tertiary/aromatic N) is 2. The number of halogens is 1. The number of amidine groups is 1. The fourth-order valence-electron chi connectivity index (χ4n) is 3.58. The van der Waals surface area contributed by atoms with E-state index in [0.717, 1.165) is 11.1 Å². The second-order valence-corrected chi connectivity index (χ2v) is 6.25. The SMILES string of the molecule is NC1=N[C@@]2(CO1)c1ccccc1Oc1ccc(-c3cccnc3F)cc12. The molecule has 0 saturated heterocycles. The standard InChI is InChI=1S/C20H14FN3O2/c21-18-13(4-3-9-23-18)12-7-8-17-15(10-12)20(11-25-19(22)24-20)14-5-1-2-6-16(14)26-17/h1-10H,11H2,(H2,22,24)/t20-/m0/s1. The zero-order valence-corrected chi connectivity index (χ0v) is 13.6. The van der Waals surface area contributed by atoms with E-state index in [1.807, 2.05) is 42.5 Å². The Labute approximate surface area is 148 Å². The monoisotopic (exact) mass is 347 g/mol. The lowest BCUT2D eigenvalue weighted by atomic mass is 9.80. The van der Waals surface area contributed by atoms with Crippen LogP contribution in [0.15, 0.2) is 65.8 Å². The van der Waals surface area contributed by atoms with Gasteiger partial charge in [0.15, 0.2) is 5.54 Å². The maximum absolute atomic E-state index is 14.2. The maximum Gasteiger partial charge on any atom is 0.283 e. The number of aliphatic imine (C=N–C) groups is 1. The van der Waals surface area contributed by atoms with Crippen LogP contribution in [-0.2, 0) is 10.3 Å². The first-order valence-corrected chi connectivity index (χ1v) is 8.18. The summed E-state index contributed by atoms with van der Waals surface area (Å²) in [5, 5.41) is 0. The van der Waals surface area contributed by atoms with Crippen LogP contribution in [0.25, 0.3) is 11.1 Å². The van der Waals surface area contributed by atoms with Crippen LogP contribution < -0.4 is 10.5 Å². The molecule has 5 nitrogen and oxygen atoms in total. The van der Waals surface area contributed by atoms with E-state index in [1.165, 1.54) is 6.20 Å². The summed E-state index contributed by atoms with van der Waals surface area (Å²) >= 11 is 0. The Morgan fingerprint density at radius 1 is 1.00 bits per heavy atom. The third-order valence-corrected chi connectivity index (χ3v) is 4.78. The third-order valence-electron chi connectivity index (χ3n) is 4.78. The summed E-state index contributed by atoms with van der Waals surface area (Å²) in [6.45, 7) is 0.269. The second-order valence-electron chi connectivity index (χ2n) is 6.25. The molecule has 26 heavy (non-hydrogen) atoms. The van der Waals surface area contributed by atoms with Gasteiger partial charge in [-0.15, -0.1) is 0 Å². The highest BCUT2D eigenvalue weighted by molar-refractivity contribution is 5.77. The molecule has 3 aromatic rings. The van der Waals surface area contributed by atoms with Crippen molar-refractivity contribution in [2.75, 3.05) is 6.61 Å². The number of fused-ring (bicyclic) bond motifs is 4. The Bertz CT molecular complexity index is 1070. The molecule has 0 radical (unpaired) electrons. The summed E-state index contributed by atoms with van der Waals surface area (Å²) in [6.07, 6.45) is 1.42. The highest BCUT2D eigenvalue weighted by Crippen LogP contribution is 2.51. The lowest BCUT2D eigenvalue weighted by Crippen LogP contribution is -2.31. The van der Waals surface area contributed by atoms with Crippen molar-refractivity contribution in [3.8, 4) is 22.6 Å². The zero-order valence-electron chi connectivity index (χ0n) is 13.6. The van der Waals surface area contributed by atoms with Crippen LogP contribution in [0.1, 0.15) is 11.1 Å². The average Bonchev–Trinajstić information content (AvgIpc) is 3.05. The Morgan fingerprint density at radius 2 is 1.85 bits per heavy atom. The summed E-state index contributed by atoms with van der Waals surface area (Å²) in [5.74, 6) is 0.838. The van der Waals surface area contributed by atoms with Crippen molar-refractivity contribution in [3.05, 3.63) is 77.9 Å². The number of pyridine rings is 1. The van der Waals surface area contributed by atoms with Gasteiger partial charge in [-0.3, -0.25) is 0 Å². The second kappa shape index (κ2) is 5.29. The summed E-state index contributed by atoms with van der Waals surface area (Å²) in [4.78, 5) is 8.34. The van der Waals surface area contributed by atoms with E-state index in [-0.39, 0.29) is 12.6 Å². The largest absolute Gasteiger partial charge is 0.462 e. The van der Waals surface area contributed by atoms with E-state index in [9.17, 15) is 4.39 Å². The normalized spacial score (nSPS) is 20.0. The van der Waals surface area contributed by atoms with Gasteiger partial charge in [0.2, 0.25) is 5.95 Å². The number of hydrogen-bond acceptors (Lipinski definition) is 5. The Hall–Kier alpha value is -3.41. The molecule has 0 amide bonds. The lowest BCUT2D eigenvalue weighted by Gasteiger charge is -2.33. The fraction of sp³-hybridized carbons (Fsp3) is 0.100. The van der Waals surface area contributed by atoms with Gasteiger partial charge in [-0.1, -0.05) is 24.3 Å². The molecule has 0 aliphatic carbocycles. The highest BCUT2D eigenvalue weighted by atomic mass is 19.1. The molecule has 1 aromatic heterocycles. The van der Waals surface area contributed by atoms with Crippen molar-refractivity contribution in [1.82, 2.24) is 4.98 Å². The van der Waals surface area contributed by atoms with Crippen molar-refractivity contribution in [1.29, 1.82) is 0 Å². The molecule has 2 aromatic carbocycles. The zero-order chi connectivity index (χ0) is 17.7. The van der Waals surface area contributed by atoms with Crippen molar-refractivity contribution >= 4 is 6.02 Å². The van der Waals surface area contributed by atoms with Crippen molar-refractivity contribution in [3.63, 3.8) is 0 Å². The minimum Gasteiger partial charge on any atom is -0.462 e. The van der Waals surface area contributed by atoms with Crippen LogP contribution in [0.5, 0.6) is 11.5 Å². The van der Waals surface area contributed by atoms with E-state index in [2.05, 4.69) is 9.98 Å². The Morgan fingerprint density at radius 3 is 2.65 bits per heavy atom. The van der Waals surface area contributed by atoms with E-state index in [4.69, 9.17) is 15.2 Å². The van der Waals surface area contributed by atoms with Gasteiger partial charge in [-0.2, -0.15) is 4.39 Å². The first kappa shape index (κ1) is 14.9. The topological polar surface area (TPSA) is 69.7 Å². The van der Waals surface area contributed by atoms with Gasteiger partial charge in [0.25, 0.3) is 6.02 Å². The van der Waals surface area contributed by atoms with Gasteiger partial charge >= 0.3 is 0 Å². The molecule has 5 rings (SSSR count). The molecule has 2 aliphatic rings. The Kier molecular flexibility index (Phi) is 3.03. The van der Waals surface area contributed by atoms with Gasteiger partial charge in [-0.25, -0.2) is 9.98 Å². The number of hydrogen-bond donors (Lipinski definition) is 1. The number of benzene rings is 2. The first-order valence-electron chi connectivity index (χ1n) is 8.18. The van der Waals surface area contributed by atoms with Gasteiger partial charge in [0, 0.05) is 22.9 Å². The Balaban J connectivity index is 1.76. The molecule has 2 N–H and O–H groups in total. The molecule has 0 saturated carbocycles. The van der Waals surface area contributed by atoms with Crippen molar-refractivity contribution in [2.24, 2.45) is 10.7 Å². The third kappa shape index (κ3) is 2.02. The minimum absolute atomic E-state index is 0.130. The summed E-state index contributed by atoms with van der Waals surface area (Å²) in [6, 6.07) is 16.7. The highest BCUT2D eigenvalue weighted by Gasteiger charge is 2.46. The van der Waals surface area contributed by atoms with E-state index in [1.54, 1.807) is 12.1 Å². The summed E-state index contributed by atoms with van der Waals surface area (Å²) < 4.78 is 25.7. The molecule has 0 fully saturated rings. The van der Waals surface area contributed by atoms with Gasteiger partial charge in [-0.05, 0) is 35.9 Å². The number of para-hydroxylation sites is 1. The van der Waals surface area contributed by atoms with Crippen LogP contribution in [0.3, 0.4) is 0 Å². The van der Waals surface area contributed by atoms with Crippen molar-refractivity contribution in [2.45, 2.75) is 5.54 Å². The lowest BCUT2D eigenvalue weighted by molar-refractivity contribution is 0.264. The van der Waals surface area contributed by atoms with E-state index >= 15 is 0 Å². The van der Waals surface area contributed by atoms with E-state index in [0.29, 0.717) is 22.6 Å². The van der Waals surface area contributed by atoms with Crippen molar-refractivity contribution < 1.29 is 13.9 Å². The number of rotatable bonds is 1. The maximum atomic E-state index is 14.2. The molecule has 1 spiro atoms. The molecular formula is C20H14FN3O2. The molecule has 128 valence electrons. The smallest absolute Gasteiger partial charge is 0.283 e. The van der Waals surface area contributed by atoms with Crippen LogP contribution in [-0.4, -0.2) is 17.6 Å². The van der Waals surface area contributed by atoms with E-state index < -0.39 is 11.5 Å². The van der Waals surface area contributed by atoms with Gasteiger partial charge in [0.1, 0.15) is 18.1 Å². The molecule has 3 heterocycles. The van der Waals surface area contributed by atoms with Crippen LogP contribution >= 0.6 is 0 Å². The van der Waals surface area contributed by atoms with Crippen LogP contribution in [0, 0.1) is 5.95 Å². The van der Waals surface area contributed by atoms with Gasteiger partial charge < -0.3 is 15.2 Å². The molecular weight excluding hydrogens is 333 g/mol. The summed E-state index contributed by atoms with van der Waals surface area (Å²) in [7, 11) is 0. The van der Waals surface area contributed by atoms with Gasteiger partial charge in [0.05, 0.1) is 0 Å². The fourth-order valence-corrected chi connectivity index (χ4v) is 3.58. The molecule has 2 aliphatic heterocycles. The minimum atomic E-state index is -0.803. The number of nitrogens with two attached hydrogens (primary N) is 1. The molecule has 6 heteroatoms. The van der Waals surface area contributed by atoms with Crippen LogP contribution in [0.4, 0.5) is 4.39 Å². The van der Waals surface area contributed by atoms with Crippen LogP contribution in [0.2, 0.25) is 0 Å².